The van der Waals surface area contributed by atoms with E-state index in [9.17, 15) is 4.39 Å². The van der Waals surface area contributed by atoms with Crippen molar-refractivity contribution in [2.45, 2.75) is 72.6 Å². The van der Waals surface area contributed by atoms with Crippen LogP contribution in [0.25, 0.3) is 43.6 Å². The third-order valence-corrected chi connectivity index (χ3v) is 12.6. The van der Waals surface area contributed by atoms with Crippen LogP contribution in [-0.2, 0) is 0 Å². The van der Waals surface area contributed by atoms with Gasteiger partial charge in [0, 0.05) is 63.8 Å². The van der Waals surface area contributed by atoms with Gasteiger partial charge in [-0.2, -0.15) is 0 Å². The highest BCUT2D eigenvalue weighted by atomic mass is 35.5. The van der Waals surface area contributed by atoms with E-state index in [1.54, 1.807) is 50.6 Å². The zero-order chi connectivity index (χ0) is 48.3. The van der Waals surface area contributed by atoms with Crippen LogP contribution in [0, 0.1) is 25.5 Å². The zero-order valence-corrected chi connectivity index (χ0v) is 40.3. The van der Waals surface area contributed by atoms with Crippen molar-refractivity contribution >= 4 is 55.2 Å². The number of likely N-dealkylation sites (tertiary alicyclic amines) is 2. The van der Waals surface area contributed by atoms with Crippen LogP contribution in [0.2, 0.25) is 5.15 Å². The molecule has 4 aromatic heterocycles. The molecule has 2 fully saturated rings. The minimum Gasteiger partial charge on any atom is -0.505 e. The van der Waals surface area contributed by atoms with Crippen LogP contribution >= 0.6 is 11.6 Å². The fraction of sp³-hybridized carbons (Fsp3) is 0.396. The van der Waals surface area contributed by atoms with Crippen LogP contribution in [0.3, 0.4) is 0 Å². The van der Waals surface area contributed by atoms with Crippen molar-refractivity contribution in [3.8, 4) is 40.4 Å². The van der Waals surface area contributed by atoms with Crippen molar-refractivity contribution in [3.05, 3.63) is 101 Å². The number of ether oxygens (including phenoxy) is 5. The molecule has 0 spiro atoms. The molecule has 0 bridgehead atoms. The molecule has 14 nitrogen and oxygen atoms in total. The lowest BCUT2D eigenvalue weighted by molar-refractivity contribution is 0.203. The van der Waals surface area contributed by atoms with Crippen molar-refractivity contribution < 1.29 is 37.6 Å². The molecule has 0 saturated carbocycles. The van der Waals surface area contributed by atoms with Crippen LogP contribution in [-0.4, -0.2) is 112 Å². The fourth-order valence-electron chi connectivity index (χ4n) is 8.77. The molecule has 0 amide bonds. The number of aromatic amines is 2. The third-order valence-electron chi connectivity index (χ3n) is 12.3. The largest absolute Gasteiger partial charge is 0.505 e. The van der Waals surface area contributed by atoms with E-state index in [4.69, 9.17) is 40.4 Å². The highest BCUT2D eigenvalue weighted by molar-refractivity contribution is 6.34. The van der Waals surface area contributed by atoms with Gasteiger partial charge in [-0.1, -0.05) is 31.9 Å². The number of hydrogen-bond acceptors (Lipinski definition) is 12. The summed E-state index contributed by atoms with van der Waals surface area (Å²) in [5.41, 5.74) is 4.59. The average molecular weight is 982 g/mol. The maximum atomic E-state index is 15.0. The predicted octanol–water partition coefficient (Wildman–Crippen LogP) is 12.1. The average Bonchev–Trinajstić information content (AvgIpc) is 3.96. The number of phenolic OH excluding ortho intramolecular Hbond substituents is 1. The fourth-order valence-corrected chi connectivity index (χ4v) is 8.97. The summed E-state index contributed by atoms with van der Waals surface area (Å²) in [5.74, 6) is 1.60. The number of halogens is 3. The van der Waals surface area contributed by atoms with E-state index < -0.39 is 11.6 Å². The van der Waals surface area contributed by atoms with Gasteiger partial charge >= 0.3 is 0 Å². The molecule has 2 saturated heterocycles. The number of aromatic nitrogens is 6. The number of aryl methyl sites for hydroxylation is 2. The van der Waals surface area contributed by atoms with Gasteiger partial charge in [0.05, 0.1) is 43.9 Å². The van der Waals surface area contributed by atoms with Gasteiger partial charge in [-0.15, -0.1) is 0 Å². The Morgan fingerprint density at radius 2 is 1.09 bits per heavy atom. The van der Waals surface area contributed by atoms with Crippen molar-refractivity contribution in [3.63, 3.8) is 0 Å². The SMILES string of the molecule is C.COc1cc2c(Cl)ncnc2cc1OCCCN1CCCCC1.COc1cc2c(Oc3ccc4[nH]c(C)cc4c3F)ncnc2cc1OCCCN1CCCCC1.Cc1cc2c(F)c(O)ccc2[nH]1. The Morgan fingerprint density at radius 3 is 1.64 bits per heavy atom. The highest BCUT2D eigenvalue weighted by Gasteiger charge is 2.18. The number of benzene rings is 4. The molecular weight excluding hydrogens is 918 g/mol. The van der Waals surface area contributed by atoms with Crippen LogP contribution in [0.1, 0.15) is 70.2 Å². The van der Waals surface area contributed by atoms with E-state index in [0.717, 1.165) is 53.7 Å². The highest BCUT2D eigenvalue weighted by Crippen LogP contribution is 2.38. The lowest BCUT2D eigenvalue weighted by Gasteiger charge is -2.26. The van der Waals surface area contributed by atoms with Crippen molar-refractivity contribution in [1.82, 2.24) is 39.7 Å². The summed E-state index contributed by atoms with van der Waals surface area (Å²) in [7, 11) is 3.22. The maximum absolute atomic E-state index is 15.0. The van der Waals surface area contributed by atoms with Gasteiger partial charge < -0.3 is 48.6 Å². The Bertz CT molecular complexity index is 2990. The number of piperidine rings is 2. The number of phenols is 1. The Hall–Kier alpha value is -6.49. The molecule has 3 N–H and O–H groups in total. The number of nitrogens with one attached hydrogen (secondary N) is 2. The number of aromatic hydroxyl groups is 1. The molecule has 70 heavy (non-hydrogen) atoms. The molecule has 0 unspecified atom stereocenters. The van der Waals surface area contributed by atoms with Gasteiger partial charge in [0.25, 0.3) is 0 Å². The van der Waals surface area contributed by atoms with Gasteiger partial charge in [-0.05, 0) is 127 Å². The van der Waals surface area contributed by atoms with E-state index in [-0.39, 0.29) is 24.8 Å². The normalized spacial score (nSPS) is 14.1. The van der Waals surface area contributed by atoms with E-state index in [1.165, 1.54) is 83.4 Å². The summed E-state index contributed by atoms with van der Waals surface area (Å²) in [5, 5.41) is 11.8. The van der Waals surface area contributed by atoms with E-state index in [0.29, 0.717) is 68.6 Å². The van der Waals surface area contributed by atoms with Crippen LogP contribution < -0.4 is 23.7 Å². The second kappa shape index (κ2) is 24.4. The van der Waals surface area contributed by atoms with Gasteiger partial charge in [-0.25, -0.2) is 28.7 Å². The molecule has 0 atom stereocenters. The number of methoxy groups -OCH3 is 2. The van der Waals surface area contributed by atoms with Gasteiger partial charge in [0.2, 0.25) is 5.88 Å². The van der Waals surface area contributed by atoms with Crippen molar-refractivity contribution in [1.29, 1.82) is 0 Å². The Labute approximate surface area is 412 Å². The van der Waals surface area contributed by atoms with Crippen LogP contribution in [0.15, 0.2) is 73.3 Å². The second-order valence-corrected chi connectivity index (χ2v) is 17.7. The van der Waals surface area contributed by atoms with Gasteiger partial charge in [-0.3, -0.25) is 0 Å². The molecule has 372 valence electrons. The first-order valence-corrected chi connectivity index (χ1v) is 23.9. The summed E-state index contributed by atoms with van der Waals surface area (Å²) in [6.45, 7) is 11.9. The summed E-state index contributed by atoms with van der Waals surface area (Å²) in [6.07, 6.45) is 12.7. The zero-order valence-electron chi connectivity index (χ0n) is 39.5. The van der Waals surface area contributed by atoms with E-state index >= 15 is 4.39 Å². The van der Waals surface area contributed by atoms with Crippen LogP contribution in [0.4, 0.5) is 8.78 Å². The predicted molar refractivity (Wildman–Crippen MR) is 272 cm³/mol. The molecule has 2 aliphatic heterocycles. The summed E-state index contributed by atoms with van der Waals surface area (Å²) < 4.78 is 57.0. The minimum absolute atomic E-state index is 0. The van der Waals surface area contributed by atoms with Gasteiger partial charge in [0.1, 0.15) is 17.8 Å². The van der Waals surface area contributed by atoms with E-state index in [2.05, 4.69) is 39.7 Å². The number of hydrogen-bond donors (Lipinski definition) is 3. The summed E-state index contributed by atoms with van der Waals surface area (Å²) in [4.78, 5) is 28.0. The molecule has 8 aromatic rings. The lowest BCUT2D eigenvalue weighted by Crippen LogP contribution is -2.31. The molecule has 17 heteroatoms. The van der Waals surface area contributed by atoms with Gasteiger partial charge in [0.15, 0.2) is 46.1 Å². The first-order valence-electron chi connectivity index (χ1n) is 23.5. The minimum atomic E-state index is -0.558. The molecule has 0 radical (unpaired) electrons. The lowest BCUT2D eigenvalue weighted by atomic mass is 10.1. The Kier molecular flexibility index (Phi) is 17.9. The molecular formula is C53H63ClF2N8O6. The molecule has 0 aliphatic carbocycles. The first kappa shape index (κ1) is 51.4. The standard InChI is InChI=1S/C26H29FN4O3.C17H22ClN3O2.C9H8FNO.CH4/c1-17-13-18-20(30-17)7-8-22(25(18)27)34-26-19-14-23(32-2)24(15-21(19)28-16-29-26)33-12-6-11-31-9-4-3-5-10-31;1-22-15-10-13-14(19-12-20-17(13)18)11-16(15)23-9-5-8-21-6-3-2-4-7-21;1-5-4-6-7(11-5)2-3-8(12)9(6)10;/h7-8,13-16,30H,3-6,9-12H2,1-2H3;10-12H,2-9H2,1H3;2-4,11-12H,1H3;1H4. The Balaban J connectivity index is 0.000000172. The third kappa shape index (κ3) is 12.6. The molecule has 2 aliphatic rings. The summed E-state index contributed by atoms with van der Waals surface area (Å²) in [6, 6.07) is 17.1. The molecule has 6 heterocycles. The van der Waals surface area contributed by atoms with Crippen molar-refractivity contribution in [2.24, 2.45) is 0 Å². The topological polar surface area (TPSA) is 156 Å². The second-order valence-electron chi connectivity index (χ2n) is 17.3. The molecule has 4 aromatic carbocycles. The van der Waals surface area contributed by atoms with E-state index in [1.807, 2.05) is 32.0 Å². The van der Waals surface area contributed by atoms with Crippen LogP contribution in [0.5, 0.6) is 40.4 Å². The first-order chi connectivity index (χ1) is 33.6. The smallest absolute Gasteiger partial charge is 0.230 e. The number of rotatable bonds is 14. The summed E-state index contributed by atoms with van der Waals surface area (Å²) >= 11 is 6.10. The quantitative estimate of drug-likeness (QED) is 0.0701. The monoisotopic (exact) mass is 980 g/mol. The van der Waals surface area contributed by atoms with Crippen molar-refractivity contribution in [2.75, 3.05) is 66.7 Å². The number of fused-ring (bicyclic) bond motifs is 4. The molecule has 10 rings (SSSR count). The Morgan fingerprint density at radius 1 is 0.586 bits per heavy atom. The number of H-pyrrole nitrogens is 2. The maximum Gasteiger partial charge on any atom is 0.230 e. The number of nitrogens with zero attached hydrogens (tertiary/aromatic N) is 6.